The molecule has 16 heavy (non-hydrogen) atoms. The van der Waals surface area contributed by atoms with Crippen LogP contribution in [0.4, 0.5) is 0 Å². The van der Waals surface area contributed by atoms with Crippen LogP contribution in [0.15, 0.2) is 47.4 Å². The van der Waals surface area contributed by atoms with Crippen LogP contribution < -0.4 is 0 Å². The molecule has 0 amide bonds. The van der Waals surface area contributed by atoms with Crippen LogP contribution in [-0.2, 0) is 10.8 Å². The van der Waals surface area contributed by atoms with Crippen molar-refractivity contribution in [3.63, 3.8) is 0 Å². The molecule has 0 N–H and O–H groups in total. The summed E-state index contributed by atoms with van der Waals surface area (Å²) < 4.78 is 11.9. The quantitative estimate of drug-likeness (QED) is 0.706. The predicted molar refractivity (Wildman–Crippen MR) is 72.2 cm³/mol. The Morgan fingerprint density at radius 1 is 1.12 bits per heavy atom. The van der Waals surface area contributed by atoms with E-state index in [0.717, 1.165) is 15.8 Å². The van der Waals surface area contributed by atoms with Gasteiger partial charge < -0.3 is 0 Å². The van der Waals surface area contributed by atoms with E-state index in [9.17, 15) is 4.21 Å². The monoisotopic (exact) mass is 246 g/mol. The standard InChI is InChI=1S/C13H10OS2/c14-16-12-8-10-4-2-1-3-9(10)7-11(12)5-6-13(16)15/h1-8,13,15H. The summed E-state index contributed by atoms with van der Waals surface area (Å²) in [5.74, 6) is 0. The van der Waals surface area contributed by atoms with Gasteiger partial charge >= 0.3 is 0 Å². The van der Waals surface area contributed by atoms with E-state index in [4.69, 9.17) is 0 Å². The van der Waals surface area contributed by atoms with E-state index in [1.54, 1.807) is 0 Å². The van der Waals surface area contributed by atoms with Crippen molar-refractivity contribution in [2.24, 2.45) is 0 Å². The lowest BCUT2D eigenvalue weighted by Crippen LogP contribution is -2.10. The van der Waals surface area contributed by atoms with Crippen molar-refractivity contribution in [2.75, 3.05) is 0 Å². The lowest BCUT2D eigenvalue weighted by atomic mass is 10.1. The summed E-state index contributed by atoms with van der Waals surface area (Å²) in [5.41, 5.74) is 1.04. The van der Waals surface area contributed by atoms with Crippen molar-refractivity contribution in [3.05, 3.63) is 48.0 Å². The molecule has 2 atom stereocenters. The molecule has 3 heteroatoms. The lowest BCUT2D eigenvalue weighted by molar-refractivity contribution is 0.683. The van der Waals surface area contributed by atoms with Crippen LogP contribution in [-0.4, -0.2) is 8.79 Å². The van der Waals surface area contributed by atoms with Crippen LogP contribution >= 0.6 is 12.6 Å². The predicted octanol–water partition coefficient (Wildman–Crippen LogP) is 3.23. The Morgan fingerprint density at radius 2 is 1.81 bits per heavy atom. The second kappa shape index (κ2) is 3.75. The minimum atomic E-state index is -1.04. The van der Waals surface area contributed by atoms with Gasteiger partial charge in [0.25, 0.3) is 0 Å². The summed E-state index contributed by atoms with van der Waals surface area (Å²) in [7, 11) is -1.04. The Bertz CT molecular complexity index is 616. The first-order valence-electron chi connectivity index (χ1n) is 5.05. The molecule has 3 rings (SSSR count). The Hall–Kier alpha value is -1.06. The molecule has 2 aromatic rings. The van der Waals surface area contributed by atoms with Crippen LogP contribution in [0.1, 0.15) is 5.56 Å². The van der Waals surface area contributed by atoms with E-state index in [-0.39, 0.29) is 4.58 Å². The third-order valence-electron chi connectivity index (χ3n) is 2.75. The molecule has 0 aliphatic carbocycles. The molecular weight excluding hydrogens is 236 g/mol. The second-order valence-corrected chi connectivity index (χ2v) is 6.23. The third-order valence-corrected chi connectivity index (χ3v) is 4.88. The van der Waals surface area contributed by atoms with Crippen molar-refractivity contribution in [1.29, 1.82) is 0 Å². The fraction of sp³-hybridized carbons (Fsp3) is 0.0769. The molecule has 0 saturated heterocycles. The number of thiol groups is 1. The summed E-state index contributed by atoms with van der Waals surface area (Å²) in [6.07, 6.45) is 3.89. The zero-order chi connectivity index (χ0) is 11.1. The summed E-state index contributed by atoms with van der Waals surface area (Å²) in [6, 6.07) is 12.2. The van der Waals surface area contributed by atoms with Crippen molar-refractivity contribution in [1.82, 2.24) is 0 Å². The summed E-state index contributed by atoms with van der Waals surface area (Å²) in [4.78, 5) is 0.890. The number of rotatable bonds is 0. The highest BCUT2D eigenvalue weighted by atomic mass is 32.2. The zero-order valence-electron chi connectivity index (χ0n) is 8.46. The third kappa shape index (κ3) is 1.51. The van der Waals surface area contributed by atoms with E-state index >= 15 is 0 Å². The summed E-state index contributed by atoms with van der Waals surface area (Å²) >= 11 is 4.29. The molecule has 0 saturated carbocycles. The average Bonchev–Trinajstić information content (AvgIpc) is 2.32. The molecule has 80 valence electrons. The van der Waals surface area contributed by atoms with Gasteiger partial charge in [-0.1, -0.05) is 36.4 Å². The number of fused-ring (bicyclic) bond motifs is 2. The van der Waals surface area contributed by atoms with Gasteiger partial charge in [0.2, 0.25) is 0 Å². The maximum absolute atomic E-state index is 12.0. The maximum atomic E-state index is 12.0. The van der Waals surface area contributed by atoms with Crippen molar-refractivity contribution in [2.45, 2.75) is 9.48 Å². The normalized spacial score (nSPS) is 23.3. The Balaban J connectivity index is 2.33. The average molecular weight is 246 g/mol. The van der Waals surface area contributed by atoms with Crippen LogP contribution in [0.25, 0.3) is 16.8 Å². The molecule has 0 aromatic heterocycles. The number of hydrogen-bond donors (Lipinski definition) is 1. The van der Waals surface area contributed by atoms with Crippen LogP contribution in [0, 0.1) is 0 Å². The number of hydrogen-bond acceptors (Lipinski definition) is 2. The number of benzene rings is 2. The van der Waals surface area contributed by atoms with Gasteiger partial charge in [-0.05, 0) is 28.5 Å². The molecule has 1 nitrogen and oxygen atoms in total. The van der Waals surface area contributed by atoms with E-state index in [1.165, 1.54) is 5.39 Å². The Morgan fingerprint density at radius 3 is 2.56 bits per heavy atom. The van der Waals surface area contributed by atoms with Gasteiger partial charge in [0.05, 0.1) is 10.8 Å². The molecule has 0 bridgehead atoms. The molecule has 2 aromatic carbocycles. The van der Waals surface area contributed by atoms with Gasteiger partial charge in [0, 0.05) is 4.90 Å². The summed E-state index contributed by atoms with van der Waals surface area (Å²) in [6.45, 7) is 0. The smallest absolute Gasteiger partial charge is 0.100 e. The minimum Gasteiger partial charge on any atom is -0.253 e. The van der Waals surface area contributed by atoms with Gasteiger partial charge in [-0.25, -0.2) is 0 Å². The molecular formula is C13H10OS2. The largest absolute Gasteiger partial charge is 0.253 e. The fourth-order valence-electron chi connectivity index (χ4n) is 1.93. The molecule has 1 aliphatic heterocycles. The zero-order valence-corrected chi connectivity index (χ0v) is 10.2. The second-order valence-electron chi connectivity index (χ2n) is 3.78. The Kier molecular flexibility index (Phi) is 2.37. The van der Waals surface area contributed by atoms with Crippen molar-refractivity contribution < 1.29 is 4.21 Å². The van der Waals surface area contributed by atoms with E-state index in [2.05, 4.69) is 24.8 Å². The molecule has 2 unspecified atom stereocenters. The van der Waals surface area contributed by atoms with E-state index in [0.29, 0.717) is 0 Å². The highest BCUT2D eigenvalue weighted by molar-refractivity contribution is 8.01. The van der Waals surface area contributed by atoms with Crippen LogP contribution in [0.2, 0.25) is 0 Å². The van der Waals surface area contributed by atoms with E-state index in [1.807, 2.05) is 36.4 Å². The first-order valence-corrected chi connectivity index (χ1v) is 6.78. The fourth-order valence-corrected chi connectivity index (χ4v) is 3.44. The van der Waals surface area contributed by atoms with Crippen molar-refractivity contribution >= 4 is 40.3 Å². The highest BCUT2D eigenvalue weighted by Gasteiger charge is 2.19. The highest BCUT2D eigenvalue weighted by Crippen LogP contribution is 2.30. The minimum absolute atomic E-state index is 0.186. The molecule has 0 fully saturated rings. The lowest BCUT2D eigenvalue weighted by Gasteiger charge is -2.15. The van der Waals surface area contributed by atoms with Crippen LogP contribution in [0.3, 0.4) is 0 Å². The molecule has 0 radical (unpaired) electrons. The molecule has 0 spiro atoms. The molecule has 1 heterocycles. The SMILES string of the molecule is O=S1c2cc3ccccc3cc2C=CC1S. The van der Waals surface area contributed by atoms with Crippen LogP contribution in [0.5, 0.6) is 0 Å². The maximum Gasteiger partial charge on any atom is 0.100 e. The Labute approximate surface area is 102 Å². The van der Waals surface area contributed by atoms with Crippen molar-refractivity contribution in [3.8, 4) is 0 Å². The van der Waals surface area contributed by atoms with Gasteiger partial charge in [-0.2, -0.15) is 12.6 Å². The summed E-state index contributed by atoms with van der Waals surface area (Å²) in [5, 5.41) is 2.31. The topological polar surface area (TPSA) is 17.1 Å². The first kappa shape index (κ1) is 10.1. The van der Waals surface area contributed by atoms with Gasteiger partial charge in [-0.3, -0.25) is 4.21 Å². The van der Waals surface area contributed by atoms with Gasteiger partial charge in [0.15, 0.2) is 0 Å². The van der Waals surface area contributed by atoms with Gasteiger partial charge in [-0.15, -0.1) is 0 Å². The molecule has 1 aliphatic rings. The van der Waals surface area contributed by atoms with E-state index < -0.39 is 10.8 Å². The van der Waals surface area contributed by atoms with Gasteiger partial charge in [0.1, 0.15) is 4.58 Å². The first-order chi connectivity index (χ1) is 7.75.